The summed E-state index contributed by atoms with van der Waals surface area (Å²) in [5.74, 6) is -0.0806. The quantitative estimate of drug-likeness (QED) is 0.851. The lowest BCUT2D eigenvalue weighted by molar-refractivity contribution is 0.101. The normalized spacial score (nSPS) is 11.3. The number of amides is 1. The molecule has 0 fully saturated rings. The van der Waals surface area contributed by atoms with Gasteiger partial charge in [-0.05, 0) is 17.0 Å². The summed E-state index contributed by atoms with van der Waals surface area (Å²) < 4.78 is 0. The molecule has 2 rings (SSSR count). The fourth-order valence-corrected chi connectivity index (χ4v) is 1.74. The van der Waals surface area contributed by atoms with E-state index < -0.39 is 0 Å². The van der Waals surface area contributed by atoms with Crippen LogP contribution in [0.15, 0.2) is 30.6 Å². The van der Waals surface area contributed by atoms with Gasteiger partial charge in [0, 0.05) is 5.69 Å². The Morgan fingerprint density at radius 1 is 1.28 bits per heavy atom. The molecule has 18 heavy (non-hydrogen) atoms. The van der Waals surface area contributed by atoms with Crippen molar-refractivity contribution in [2.24, 2.45) is 0 Å². The second-order valence-electron chi connectivity index (χ2n) is 5.08. The first-order valence-electron chi connectivity index (χ1n) is 5.75. The lowest BCUT2D eigenvalue weighted by Gasteiger charge is -2.22. The summed E-state index contributed by atoms with van der Waals surface area (Å²) >= 11 is 0. The largest absolute Gasteiger partial charge is 0.319 e. The van der Waals surface area contributed by atoms with Gasteiger partial charge in [-0.25, -0.2) is 4.98 Å². The summed E-state index contributed by atoms with van der Waals surface area (Å²) in [6, 6.07) is 7.75. The summed E-state index contributed by atoms with van der Waals surface area (Å²) in [5, 5.41) is 9.05. The molecule has 0 bridgehead atoms. The number of anilines is 1. The zero-order chi connectivity index (χ0) is 13.2. The number of rotatable bonds is 2. The standard InChI is InChI=1S/C13H16N4O/c1-13(2,3)9-6-4-5-7-10(9)16-12(18)11-14-8-15-17-11/h4-8H,1-3H3,(H,16,18)(H,14,15,17). The van der Waals surface area contributed by atoms with Crippen molar-refractivity contribution < 1.29 is 4.79 Å². The summed E-state index contributed by atoms with van der Waals surface area (Å²) in [4.78, 5) is 15.7. The molecule has 0 atom stereocenters. The monoisotopic (exact) mass is 244 g/mol. The van der Waals surface area contributed by atoms with Crippen LogP contribution in [0.4, 0.5) is 5.69 Å². The maximum atomic E-state index is 11.9. The minimum absolute atomic E-state index is 0.0364. The van der Waals surface area contributed by atoms with Crippen LogP contribution < -0.4 is 5.32 Å². The molecule has 0 saturated heterocycles. The first-order chi connectivity index (χ1) is 8.48. The van der Waals surface area contributed by atoms with Crippen LogP contribution in [0.25, 0.3) is 0 Å². The smallest absolute Gasteiger partial charge is 0.292 e. The van der Waals surface area contributed by atoms with Gasteiger partial charge in [-0.15, -0.1) is 0 Å². The van der Waals surface area contributed by atoms with E-state index in [2.05, 4.69) is 41.3 Å². The summed E-state index contributed by atoms with van der Waals surface area (Å²) in [6.07, 6.45) is 1.31. The van der Waals surface area contributed by atoms with Gasteiger partial charge in [-0.1, -0.05) is 39.0 Å². The number of hydrogen-bond donors (Lipinski definition) is 2. The molecule has 0 saturated carbocycles. The van der Waals surface area contributed by atoms with E-state index in [-0.39, 0.29) is 17.1 Å². The van der Waals surface area contributed by atoms with Gasteiger partial charge in [0.1, 0.15) is 6.33 Å². The van der Waals surface area contributed by atoms with Crippen molar-refractivity contribution in [2.75, 3.05) is 5.32 Å². The fraction of sp³-hybridized carbons (Fsp3) is 0.308. The Morgan fingerprint density at radius 2 is 2.00 bits per heavy atom. The third-order valence-electron chi connectivity index (χ3n) is 2.61. The Kier molecular flexibility index (Phi) is 3.14. The Morgan fingerprint density at radius 3 is 2.61 bits per heavy atom. The number of carbonyl (C=O) groups excluding carboxylic acids is 1. The first kappa shape index (κ1) is 12.3. The van der Waals surface area contributed by atoms with Crippen LogP contribution in [0.2, 0.25) is 0 Å². The highest BCUT2D eigenvalue weighted by Gasteiger charge is 2.19. The third-order valence-corrected chi connectivity index (χ3v) is 2.61. The van der Waals surface area contributed by atoms with E-state index in [0.717, 1.165) is 11.3 Å². The van der Waals surface area contributed by atoms with Gasteiger partial charge in [0.2, 0.25) is 5.82 Å². The molecule has 1 amide bonds. The van der Waals surface area contributed by atoms with Crippen LogP contribution in [0, 0.1) is 0 Å². The average Bonchev–Trinajstić information content (AvgIpc) is 2.81. The van der Waals surface area contributed by atoms with Crippen LogP contribution in [0.1, 0.15) is 37.0 Å². The first-order valence-corrected chi connectivity index (χ1v) is 5.75. The van der Waals surface area contributed by atoms with Crippen molar-refractivity contribution in [3.8, 4) is 0 Å². The van der Waals surface area contributed by atoms with Crippen LogP contribution >= 0.6 is 0 Å². The maximum Gasteiger partial charge on any atom is 0.292 e. The van der Waals surface area contributed by atoms with Crippen LogP contribution in [-0.2, 0) is 5.41 Å². The maximum absolute atomic E-state index is 11.9. The zero-order valence-electron chi connectivity index (χ0n) is 10.7. The molecule has 2 N–H and O–H groups in total. The highest BCUT2D eigenvalue weighted by atomic mass is 16.2. The molecule has 0 aliphatic carbocycles. The predicted octanol–water partition coefficient (Wildman–Crippen LogP) is 2.35. The molecule has 1 aromatic heterocycles. The van der Waals surface area contributed by atoms with Crippen molar-refractivity contribution >= 4 is 11.6 Å². The van der Waals surface area contributed by atoms with Crippen molar-refractivity contribution in [1.29, 1.82) is 0 Å². The number of H-pyrrole nitrogens is 1. The van der Waals surface area contributed by atoms with Gasteiger partial charge in [0.05, 0.1) is 0 Å². The lowest BCUT2D eigenvalue weighted by Crippen LogP contribution is -2.19. The Balaban J connectivity index is 2.27. The summed E-state index contributed by atoms with van der Waals surface area (Å²) in [6.45, 7) is 6.31. The molecule has 1 aromatic carbocycles. The Hall–Kier alpha value is -2.17. The molecular formula is C13H16N4O. The molecule has 94 valence electrons. The molecule has 1 heterocycles. The number of nitrogens with zero attached hydrogens (tertiary/aromatic N) is 2. The molecule has 2 aromatic rings. The minimum atomic E-state index is -0.288. The van der Waals surface area contributed by atoms with Gasteiger partial charge in [-0.3, -0.25) is 9.89 Å². The van der Waals surface area contributed by atoms with E-state index >= 15 is 0 Å². The second kappa shape index (κ2) is 4.60. The third kappa shape index (κ3) is 2.56. The van der Waals surface area contributed by atoms with Crippen LogP contribution in [0.5, 0.6) is 0 Å². The van der Waals surface area contributed by atoms with E-state index in [1.165, 1.54) is 6.33 Å². The molecule has 5 nitrogen and oxygen atoms in total. The van der Waals surface area contributed by atoms with Gasteiger partial charge >= 0.3 is 0 Å². The lowest BCUT2D eigenvalue weighted by atomic mass is 9.86. The number of carbonyl (C=O) groups is 1. The molecule has 0 unspecified atom stereocenters. The van der Waals surface area contributed by atoms with E-state index in [9.17, 15) is 4.79 Å². The number of benzene rings is 1. The van der Waals surface area contributed by atoms with Crippen molar-refractivity contribution in [3.63, 3.8) is 0 Å². The summed E-state index contributed by atoms with van der Waals surface area (Å²) in [5.41, 5.74) is 1.84. The number of nitrogens with one attached hydrogen (secondary N) is 2. The van der Waals surface area contributed by atoms with E-state index in [4.69, 9.17) is 0 Å². The molecule has 0 radical (unpaired) electrons. The molecular weight excluding hydrogens is 228 g/mol. The topological polar surface area (TPSA) is 70.7 Å². The second-order valence-corrected chi connectivity index (χ2v) is 5.08. The Bertz CT molecular complexity index is 540. The van der Waals surface area contributed by atoms with Crippen molar-refractivity contribution in [3.05, 3.63) is 42.0 Å². The zero-order valence-corrected chi connectivity index (χ0v) is 10.7. The van der Waals surface area contributed by atoms with Crippen LogP contribution in [0.3, 0.4) is 0 Å². The molecule has 0 spiro atoms. The number of para-hydroxylation sites is 1. The summed E-state index contributed by atoms with van der Waals surface area (Å²) in [7, 11) is 0. The fourth-order valence-electron chi connectivity index (χ4n) is 1.74. The van der Waals surface area contributed by atoms with Gasteiger partial charge in [-0.2, -0.15) is 5.10 Å². The van der Waals surface area contributed by atoms with E-state index in [1.54, 1.807) is 0 Å². The number of aromatic nitrogens is 3. The molecule has 0 aliphatic heterocycles. The highest BCUT2D eigenvalue weighted by molar-refractivity contribution is 6.01. The molecule has 5 heteroatoms. The SMILES string of the molecule is CC(C)(C)c1ccccc1NC(=O)c1ncn[nH]1. The van der Waals surface area contributed by atoms with Gasteiger partial charge in [0.15, 0.2) is 0 Å². The van der Waals surface area contributed by atoms with Crippen molar-refractivity contribution in [1.82, 2.24) is 15.2 Å². The predicted molar refractivity (Wildman–Crippen MR) is 69.5 cm³/mol. The average molecular weight is 244 g/mol. The highest BCUT2D eigenvalue weighted by Crippen LogP contribution is 2.29. The van der Waals surface area contributed by atoms with Gasteiger partial charge in [0.25, 0.3) is 5.91 Å². The van der Waals surface area contributed by atoms with E-state index in [1.807, 2.05) is 24.3 Å². The number of hydrogen-bond acceptors (Lipinski definition) is 3. The number of aromatic amines is 1. The van der Waals surface area contributed by atoms with Crippen LogP contribution in [-0.4, -0.2) is 21.1 Å². The minimum Gasteiger partial charge on any atom is -0.319 e. The van der Waals surface area contributed by atoms with Gasteiger partial charge < -0.3 is 5.32 Å². The Labute approximate surface area is 106 Å². The van der Waals surface area contributed by atoms with Crippen molar-refractivity contribution in [2.45, 2.75) is 26.2 Å². The molecule has 0 aliphatic rings. The van der Waals surface area contributed by atoms with E-state index in [0.29, 0.717) is 0 Å².